The third-order valence-corrected chi connectivity index (χ3v) is 6.90. The van der Waals surface area contributed by atoms with Crippen molar-refractivity contribution in [1.82, 2.24) is 0 Å². The molecule has 0 bridgehead atoms. The highest BCUT2D eigenvalue weighted by Gasteiger charge is 2.51. The Balaban J connectivity index is 1.87. The van der Waals surface area contributed by atoms with Crippen LogP contribution in [0, 0.1) is 6.92 Å². The van der Waals surface area contributed by atoms with Gasteiger partial charge in [-0.15, -0.1) is 0 Å². The van der Waals surface area contributed by atoms with Gasteiger partial charge in [-0.05, 0) is 52.3 Å². The second kappa shape index (κ2) is 6.11. The first kappa shape index (κ1) is 18.4. The van der Waals surface area contributed by atoms with Crippen LogP contribution in [0.3, 0.4) is 0 Å². The summed E-state index contributed by atoms with van der Waals surface area (Å²) in [6.45, 7) is 9.19. The number of ether oxygens (including phenoxy) is 1. The number of aryl methyl sites for hydroxylation is 1. The summed E-state index contributed by atoms with van der Waals surface area (Å²) in [5.41, 5.74) is 10.3. The first-order valence-electron chi connectivity index (χ1n) is 11.0. The lowest BCUT2D eigenvalue weighted by Crippen LogP contribution is -2.32. The first-order valence-corrected chi connectivity index (χ1v) is 11.0. The van der Waals surface area contributed by atoms with Crippen molar-refractivity contribution in [2.45, 2.75) is 38.5 Å². The van der Waals surface area contributed by atoms with E-state index in [2.05, 4.69) is 113 Å². The Morgan fingerprint density at radius 1 is 0.645 bits per heavy atom. The molecule has 1 heteroatoms. The van der Waals surface area contributed by atoms with Crippen LogP contribution in [0.2, 0.25) is 0 Å². The predicted molar refractivity (Wildman–Crippen MR) is 127 cm³/mol. The number of rotatable bonds is 0. The molecule has 0 atom stereocenters. The Morgan fingerprint density at radius 2 is 1.19 bits per heavy atom. The summed E-state index contributed by atoms with van der Waals surface area (Å²) in [6, 6.07) is 30.9. The second-order valence-corrected chi connectivity index (χ2v) is 9.88. The van der Waals surface area contributed by atoms with Gasteiger partial charge in [-0.3, -0.25) is 0 Å². The van der Waals surface area contributed by atoms with Crippen molar-refractivity contribution in [2.75, 3.05) is 0 Å². The quantitative estimate of drug-likeness (QED) is 0.252. The maximum absolute atomic E-state index is 6.42. The van der Waals surface area contributed by atoms with Crippen LogP contribution in [0.4, 0.5) is 0 Å². The molecule has 0 N–H and O–H groups in total. The first-order chi connectivity index (χ1) is 14.9. The number of para-hydroxylation sites is 2. The molecule has 4 aromatic rings. The van der Waals surface area contributed by atoms with E-state index in [1.165, 1.54) is 44.5 Å². The molecule has 0 fully saturated rings. The van der Waals surface area contributed by atoms with Crippen LogP contribution in [0.25, 0.3) is 11.1 Å². The zero-order valence-electron chi connectivity index (χ0n) is 18.5. The summed E-state index contributed by atoms with van der Waals surface area (Å²) < 4.78 is 6.42. The highest BCUT2D eigenvalue weighted by Crippen LogP contribution is 2.63. The van der Waals surface area contributed by atoms with Gasteiger partial charge in [0.25, 0.3) is 0 Å². The van der Waals surface area contributed by atoms with Gasteiger partial charge in [0.15, 0.2) is 0 Å². The summed E-state index contributed by atoms with van der Waals surface area (Å²) in [5, 5.41) is 0. The average Bonchev–Trinajstić information content (AvgIpc) is 3.04. The van der Waals surface area contributed by atoms with E-state index in [1.54, 1.807) is 0 Å². The smallest absolute Gasteiger partial charge is 0.132 e. The summed E-state index contributed by atoms with van der Waals surface area (Å²) in [6.07, 6.45) is 0. The number of benzene rings is 4. The summed E-state index contributed by atoms with van der Waals surface area (Å²) in [4.78, 5) is 0. The minimum absolute atomic E-state index is 0.0406. The second-order valence-electron chi connectivity index (χ2n) is 9.88. The van der Waals surface area contributed by atoms with Crippen molar-refractivity contribution in [2.24, 2.45) is 0 Å². The number of hydrogen-bond acceptors (Lipinski definition) is 1. The maximum atomic E-state index is 6.42. The Morgan fingerprint density at radius 3 is 1.81 bits per heavy atom. The van der Waals surface area contributed by atoms with Crippen LogP contribution in [0.1, 0.15) is 54.2 Å². The fraction of sp³-hybridized carbons (Fsp3) is 0.200. The monoisotopic (exact) mass is 402 g/mol. The zero-order chi connectivity index (χ0) is 21.4. The largest absolute Gasteiger partial charge is 0.457 e. The molecule has 0 aromatic heterocycles. The topological polar surface area (TPSA) is 9.23 Å². The lowest BCUT2D eigenvalue weighted by atomic mass is 9.65. The van der Waals surface area contributed by atoms with E-state index in [9.17, 15) is 0 Å². The third-order valence-electron chi connectivity index (χ3n) is 6.90. The number of fused-ring (bicyclic) bond motifs is 9. The number of hydrogen-bond donors (Lipinski definition) is 0. The molecule has 6 rings (SSSR count). The van der Waals surface area contributed by atoms with Crippen molar-refractivity contribution in [3.05, 3.63) is 118 Å². The van der Waals surface area contributed by atoms with Gasteiger partial charge in [-0.1, -0.05) is 99.1 Å². The third kappa shape index (κ3) is 2.32. The molecule has 0 amide bonds. The fourth-order valence-corrected chi connectivity index (χ4v) is 5.71. The van der Waals surface area contributed by atoms with E-state index in [1.807, 2.05) is 0 Å². The van der Waals surface area contributed by atoms with Crippen LogP contribution in [-0.2, 0) is 10.8 Å². The Labute approximate surface area is 184 Å². The van der Waals surface area contributed by atoms with Gasteiger partial charge in [0.05, 0.1) is 5.41 Å². The van der Waals surface area contributed by atoms with Gasteiger partial charge in [0, 0.05) is 11.1 Å². The Hall–Kier alpha value is -3.32. The molecule has 0 saturated carbocycles. The lowest BCUT2D eigenvalue weighted by molar-refractivity contribution is 0.436. The van der Waals surface area contributed by atoms with Crippen LogP contribution >= 0.6 is 0 Å². The summed E-state index contributed by atoms with van der Waals surface area (Å²) >= 11 is 0. The zero-order valence-corrected chi connectivity index (χ0v) is 18.5. The Bertz CT molecular complexity index is 1310. The highest BCUT2D eigenvalue weighted by molar-refractivity contribution is 5.90. The standard InChI is InChI=1S/C30H26O/c1-19-17-24(29(2,3)4)28-20-11-5-6-12-21(20)30(25(28)18-19)22-13-7-9-15-26(22)31-27-16-10-8-14-23(27)30/h5-18H,1-4H3. The fourth-order valence-electron chi connectivity index (χ4n) is 5.71. The molecule has 31 heavy (non-hydrogen) atoms. The van der Waals surface area contributed by atoms with Gasteiger partial charge in [-0.2, -0.15) is 0 Å². The molecule has 0 unspecified atom stereocenters. The highest BCUT2D eigenvalue weighted by atomic mass is 16.5. The lowest BCUT2D eigenvalue weighted by Gasteiger charge is -2.39. The van der Waals surface area contributed by atoms with Crippen molar-refractivity contribution >= 4 is 0 Å². The van der Waals surface area contributed by atoms with E-state index in [4.69, 9.17) is 4.74 Å². The average molecular weight is 403 g/mol. The van der Waals surface area contributed by atoms with E-state index in [0.29, 0.717) is 0 Å². The molecule has 1 aliphatic heterocycles. The molecule has 2 aliphatic rings. The van der Waals surface area contributed by atoms with Crippen molar-refractivity contribution in [3.8, 4) is 22.6 Å². The van der Waals surface area contributed by atoms with Crippen molar-refractivity contribution in [3.63, 3.8) is 0 Å². The van der Waals surface area contributed by atoms with Crippen LogP contribution in [-0.4, -0.2) is 0 Å². The molecule has 0 saturated heterocycles. The summed E-state index contributed by atoms with van der Waals surface area (Å²) in [5.74, 6) is 1.89. The molecule has 1 heterocycles. The normalized spacial score (nSPS) is 15.0. The van der Waals surface area contributed by atoms with Crippen molar-refractivity contribution < 1.29 is 4.74 Å². The van der Waals surface area contributed by atoms with E-state index in [-0.39, 0.29) is 10.8 Å². The molecule has 4 aromatic carbocycles. The van der Waals surface area contributed by atoms with Gasteiger partial charge < -0.3 is 4.74 Å². The summed E-state index contributed by atoms with van der Waals surface area (Å²) in [7, 11) is 0. The molecule has 1 spiro atoms. The minimum atomic E-state index is -0.372. The molecule has 1 aliphatic carbocycles. The SMILES string of the molecule is Cc1cc(C(C)(C)C)c2c(c1)C1(c3ccccc3Oc3ccccc31)c1ccccc1-2. The van der Waals surface area contributed by atoms with Crippen LogP contribution < -0.4 is 4.74 Å². The van der Waals surface area contributed by atoms with Crippen LogP contribution in [0.5, 0.6) is 11.5 Å². The van der Waals surface area contributed by atoms with Gasteiger partial charge in [0.1, 0.15) is 11.5 Å². The van der Waals surface area contributed by atoms with Crippen LogP contribution in [0.15, 0.2) is 84.9 Å². The molecular weight excluding hydrogens is 376 g/mol. The van der Waals surface area contributed by atoms with E-state index >= 15 is 0 Å². The molecular formula is C30H26O. The molecule has 0 radical (unpaired) electrons. The van der Waals surface area contributed by atoms with Gasteiger partial charge in [0.2, 0.25) is 0 Å². The van der Waals surface area contributed by atoms with Crippen molar-refractivity contribution in [1.29, 1.82) is 0 Å². The van der Waals surface area contributed by atoms with E-state index < -0.39 is 0 Å². The predicted octanol–water partition coefficient (Wildman–Crippen LogP) is 7.76. The molecule has 1 nitrogen and oxygen atoms in total. The van der Waals surface area contributed by atoms with Gasteiger partial charge >= 0.3 is 0 Å². The van der Waals surface area contributed by atoms with Gasteiger partial charge in [-0.25, -0.2) is 0 Å². The minimum Gasteiger partial charge on any atom is -0.457 e. The van der Waals surface area contributed by atoms with E-state index in [0.717, 1.165) is 11.5 Å². The Kier molecular flexibility index (Phi) is 3.63. The molecule has 152 valence electrons. The maximum Gasteiger partial charge on any atom is 0.132 e.